The minimum absolute atomic E-state index is 0.706. The fourth-order valence-corrected chi connectivity index (χ4v) is 1.45. The zero-order valence-corrected chi connectivity index (χ0v) is 6.64. The predicted molar refractivity (Wildman–Crippen MR) is 44.4 cm³/mol. The lowest BCUT2D eigenvalue weighted by atomic mass is 9.96. The minimum Gasteiger partial charge on any atom is -0.374 e. The van der Waals surface area contributed by atoms with E-state index in [4.69, 9.17) is 0 Å². The molecule has 2 heteroatoms. The molecule has 0 aromatic rings. The van der Waals surface area contributed by atoms with Gasteiger partial charge in [-0.1, -0.05) is 19.3 Å². The first-order valence-corrected chi connectivity index (χ1v) is 4.10. The molecule has 0 aromatic heterocycles. The van der Waals surface area contributed by atoms with Crippen LogP contribution in [-0.2, 0) is 0 Å². The van der Waals surface area contributed by atoms with Crippen LogP contribution >= 0.6 is 0 Å². The summed E-state index contributed by atoms with van der Waals surface area (Å²) in [6.45, 7) is 0. The summed E-state index contributed by atoms with van der Waals surface area (Å²) in [5.41, 5.74) is 0. The quantitative estimate of drug-likeness (QED) is 0.457. The number of nitrogens with zero attached hydrogens (tertiary/aromatic N) is 1. The van der Waals surface area contributed by atoms with E-state index < -0.39 is 0 Å². The summed E-state index contributed by atoms with van der Waals surface area (Å²) in [7, 11) is 1.80. The molecule has 0 aromatic carbocycles. The number of hydrogen-bond donors (Lipinski definition) is 1. The van der Waals surface area contributed by atoms with Gasteiger partial charge in [0.05, 0.1) is 6.34 Å². The highest BCUT2D eigenvalue weighted by Gasteiger charge is 2.10. The number of hydrogen-bond acceptors (Lipinski definition) is 1. The van der Waals surface area contributed by atoms with E-state index in [1.54, 1.807) is 7.05 Å². The Balaban J connectivity index is 2.13. The number of aliphatic imine (C=N–C) groups is 1. The molecule has 0 amide bonds. The molecule has 0 bridgehead atoms. The molecule has 0 heterocycles. The highest BCUT2D eigenvalue weighted by Crippen LogP contribution is 2.16. The molecule has 1 N–H and O–H groups in total. The first-order valence-electron chi connectivity index (χ1n) is 4.10. The lowest BCUT2D eigenvalue weighted by molar-refractivity contribution is 0.416. The Kier molecular flexibility index (Phi) is 3.27. The molecule has 0 aliphatic heterocycles. The van der Waals surface area contributed by atoms with Gasteiger partial charge in [0.1, 0.15) is 0 Å². The number of rotatable bonds is 2. The average Bonchev–Trinajstić information content (AvgIpc) is 2.03. The molecule has 0 unspecified atom stereocenters. The zero-order chi connectivity index (χ0) is 7.23. The molecular weight excluding hydrogens is 124 g/mol. The van der Waals surface area contributed by atoms with E-state index in [-0.39, 0.29) is 0 Å². The molecule has 1 rings (SSSR count). The Hall–Kier alpha value is -0.530. The topological polar surface area (TPSA) is 24.4 Å². The molecule has 1 saturated carbocycles. The number of nitrogens with one attached hydrogen (secondary N) is 1. The van der Waals surface area contributed by atoms with Crippen LogP contribution in [0.4, 0.5) is 0 Å². The van der Waals surface area contributed by atoms with Gasteiger partial charge >= 0.3 is 0 Å². The average molecular weight is 140 g/mol. The van der Waals surface area contributed by atoms with Crippen molar-refractivity contribution in [1.29, 1.82) is 0 Å². The largest absolute Gasteiger partial charge is 0.374 e. The van der Waals surface area contributed by atoms with Crippen LogP contribution in [0, 0.1) is 0 Å². The standard InChI is InChI=1S/C8H16N2/c1-9-7-10-8-5-3-2-4-6-8/h7-8H,2-6H2,1H3,(H,9,10). The van der Waals surface area contributed by atoms with Gasteiger partial charge in [0.15, 0.2) is 0 Å². The summed E-state index contributed by atoms with van der Waals surface area (Å²) in [6.07, 6.45) is 8.65. The van der Waals surface area contributed by atoms with E-state index in [0.29, 0.717) is 6.04 Å². The predicted octanol–water partition coefficient (Wildman–Crippen LogP) is 1.57. The third-order valence-electron chi connectivity index (χ3n) is 2.04. The van der Waals surface area contributed by atoms with E-state index in [2.05, 4.69) is 10.3 Å². The van der Waals surface area contributed by atoms with E-state index in [9.17, 15) is 0 Å². The Morgan fingerprint density at radius 1 is 1.30 bits per heavy atom. The van der Waals surface area contributed by atoms with Crippen LogP contribution in [0.5, 0.6) is 0 Å². The molecule has 1 aliphatic carbocycles. The van der Waals surface area contributed by atoms with Crippen molar-refractivity contribution in [3.8, 4) is 0 Å². The van der Waals surface area contributed by atoms with E-state index in [1.807, 2.05) is 6.34 Å². The Bertz CT molecular complexity index is 104. The SMILES string of the molecule is CN=CNC1CCCCC1. The van der Waals surface area contributed by atoms with Gasteiger partial charge in [-0.2, -0.15) is 0 Å². The van der Waals surface area contributed by atoms with Crippen molar-refractivity contribution < 1.29 is 0 Å². The van der Waals surface area contributed by atoms with Crippen LogP contribution in [0.2, 0.25) is 0 Å². The third-order valence-corrected chi connectivity index (χ3v) is 2.04. The first-order chi connectivity index (χ1) is 4.93. The summed E-state index contributed by atoms with van der Waals surface area (Å²) in [6, 6.07) is 0.706. The van der Waals surface area contributed by atoms with Gasteiger partial charge in [-0.25, -0.2) is 0 Å². The molecule has 10 heavy (non-hydrogen) atoms. The van der Waals surface area contributed by atoms with E-state index >= 15 is 0 Å². The summed E-state index contributed by atoms with van der Waals surface area (Å²) in [5.74, 6) is 0. The molecule has 0 radical (unpaired) electrons. The van der Waals surface area contributed by atoms with Gasteiger partial charge in [0, 0.05) is 13.1 Å². The molecule has 2 nitrogen and oxygen atoms in total. The van der Waals surface area contributed by atoms with Gasteiger partial charge in [0.2, 0.25) is 0 Å². The minimum atomic E-state index is 0.706. The van der Waals surface area contributed by atoms with Crippen molar-refractivity contribution in [1.82, 2.24) is 5.32 Å². The fourth-order valence-electron chi connectivity index (χ4n) is 1.45. The zero-order valence-electron chi connectivity index (χ0n) is 6.64. The van der Waals surface area contributed by atoms with E-state index in [0.717, 1.165) is 0 Å². The summed E-state index contributed by atoms with van der Waals surface area (Å²) < 4.78 is 0. The van der Waals surface area contributed by atoms with Gasteiger partial charge in [-0.3, -0.25) is 4.99 Å². The monoisotopic (exact) mass is 140 g/mol. The maximum atomic E-state index is 3.89. The van der Waals surface area contributed by atoms with Crippen molar-refractivity contribution in [2.45, 2.75) is 38.1 Å². The Morgan fingerprint density at radius 2 is 2.00 bits per heavy atom. The molecule has 1 fully saturated rings. The summed E-state index contributed by atoms with van der Waals surface area (Å²) in [4.78, 5) is 3.89. The maximum Gasteiger partial charge on any atom is 0.0822 e. The van der Waals surface area contributed by atoms with Crippen LogP contribution < -0.4 is 5.32 Å². The second kappa shape index (κ2) is 4.31. The third kappa shape index (κ3) is 2.38. The van der Waals surface area contributed by atoms with Gasteiger partial charge in [-0.05, 0) is 12.8 Å². The van der Waals surface area contributed by atoms with Crippen LogP contribution in [0.1, 0.15) is 32.1 Å². The molecule has 1 aliphatic rings. The first kappa shape index (κ1) is 7.58. The van der Waals surface area contributed by atoms with Gasteiger partial charge < -0.3 is 5.32 Å². The smallest absolute Gasteiger partial charge is 0.0822 e. The Labute approximate surface area is 62.7 Å². The van der Waals surface area contributed by atoms with Crippen LogP contribution in [0.15, 0.2) is 4.99 Å². The fraction of sp³-hybridized carbons (Fsp3) is 0.875. The maximum absolute atomic E-state index is 3.89. The van der Waals surface area contributed by atoms with Crippen molar-refractivity contribution in [2.75, 3.05) is 7.05 Å². The van der Waals surface area contributed by atoms with E-state index in [1.165, 1.54) is 32.1 Å². The molecular formula is C8H16N2. The highest BCUT2D eigenvalue weighted by molar-refractivity contribution is 5.54. The second-order valence-corrected chi connectivity index (χ2v) is 2.89. The van der Waals surface area contributed by atoms with Crippen molar-refractivity contribution >= 4 is 6.34 Å². The van der Waals surface area contributed by atoms with Gasteiger partial charge in [-0.15, -0.1) is 0 Å². The van der Waals surface area contributed by atoms with Crippen LogP contribution in [0.25, 0.3) is 0 Å². The lowest BCUT2D eigenvalue weighted by Crippen LogP contribution is -2.29. The van der Waals surface area contributed by atoms with Crippen molar-refractivity contribution in [3.63, 3.8) is 0 Å². The second-order valence-electron chi connectivity index (χ2n) is 2.89. The molecule has 0 spiro atoms. The van der Waals surface area contributed by atoms with Crippen molar-refractivity contribution in [3.05, 3.63) is 0 Å². The van der Waals surface area contributed by atoms with Crippen LogP contribution in [0.3, 0.4) is 0 Å². The van der Waals surface area contributed by atoms with Crippen LogP contribution in [-0.4, -0.2) is 19.4 Å². The molecule has 0 saturated heterocycles. The Morgan fingerprint density at radius 3 is 2.60 bits per heavy atom. The van der Waals surface area contributed by atoms with Crippen molar-refractivity contribution in [2.24, 2.45) is 4.99 Å². The summed E-state index contributed by atoms with van der Waals surface area (Å²) >= 11 is 0. The lowest BCUT2D eigenvalue weighted by Gasteiger charge is -2.20. The van der Waals surface area contributed by atoms with Gasteiger partial charge in [0.25, 0.3) is 0 Å². The summed E-state index contributed by atoms with van der Waals surface area (Å²) in [5, 5.41) is 3.28. The normalized spacial score (nSPS) is 21.7. The molecule has 58 valence electrons. The molecule has 0 atom stereocenters. The highest BCUT2D eigenvalue weighted by atomic mass is 15.0.